The van der Waals surface area contributed by atoms with E-state index in [0.29, 0.717) is 0 Å². The van der Waals surface area contributed by atoms with Gasteiger partial charge < -0.3 is 9.80 Å². The van der Waals surface area contributed by atoms with Crippen LogP contribution in [0.3, 0.4) is 0 Å². The summed E-state index contributed by atoms with van der Waals surface area (Å²) in [4.78, 5) is 13.9. The number of fused-ring (bicyclic) bond motifs is 2. The molecule has 136 valence electrons. The van der Waals surface area contributed by atoms with Crippen LogP contribution in [0, 0.1) is 0 Å². The Morgan fingerprint density at radius 1 is 0.963 bits per heavy atom. The van der Waals surface area contributed by atoms with Crippen molar-refractivity contribution in [1.82, 2.24) is 9.88 Å². The van der Waals surface area contributed by atoms with Gasteiger partial charge in [-0.3, -0.25) is 4.98 Å². The number of rotatable bonds is 5. The molecule has 2 aromatic carbocycles. The van der Waals surface area contributed by atoms with Gasteiger partial charge in [-0.1, -0.05) is 48.5 Å². The lowest BCUT2D eigenvalue weighted by Gasteiger charge is -2.21. The van der Waals surface area contributed by atoms with E-state index in [9.17, 15) is 0 Å². The predicted octanol–water partition coefficient (Wildman–Crippen LogP) is 3.21. The lowest BCUT2D eigenvalue weighted by atomic mass is 10.0. The van der Waals surface area contributed by atoms with Gasteiger partial charge in [0.25, 0.3) is 0 Å². The van der Waals surface area contributed by atoms with Crippen LogP contribution in [0.1, 0.15) is 6.42 Å². The Balaban J connectivity index is 1.86. The number of aromatic nitrogens is 1. The zero-order valence-electron chi connectivity index (χ0n) is 15.8. The molecule has 0 unspecified atom stereocenters. The minimum absolute atomic E-state index is 0.932. The van der Waals surface area contributed by atoms with Crippen LogP contribution in [-0.4, -0.2) is 37.1 Å². The normalized spacial score (nSPS) is 12.6. The van der Waals surface area contributed by atoms with Crippen molar-refractivity contribution in [2.75, 3.05) is 32.1 Å². The summed E-state index contributed by atoms with van der Waals surface area (Å²) in [6.07, 6.45) is 7.02. The molecule has 0 amide bonds. The van der Waals surface area contributed by atoms with Crippen molar-refractivity contribution in [3.05, 3.63) is 77.6 Å². The first-order valence-corrected chi connectivity index (χ1v) is 9.33. The molecule has 4 heteroatoms. The predicted molar refractivity (Wildman–Crippen MR) is 112 cm³/mol. The summed E-state index contributed by atoms with van der Waals surface area (Å²) in [7, 11) is 4.22. The van der Waals surface area contributed by atoms with Crippen molar-refractivity contribution in [2.45, 2.75) is 6.42 Å². The van der Waals surface area contributed by atoms with E-state index < -0.39 is 0 Å². The van der Waals surface area contributed by atoms with Crippen LogP contribution in [0.25, 0.3) is 17.3 Å². The fourth-order valence-electron chi connectivity index (χ4n) is 3.44. The lowest BCUT2D eigenvalue weighted by molar-refractivity contribution is 0.403. The quantitative estimate of drug-likeness (QED) is 0.704. The number of nitrogens with zero attached hydrogens (tertiary/aromatic N) is 4. The van der Waals surface area contributed by atoms with Crippen molar-refractivity contribution < 1.29 is 0 Å². The zero-order chi connectivity index (χ0) is 18.6. The lowest BCUT2D eigenvalue weighted by Crippen LogP contribution is -2.30. The Morgan fingerprint density at radius 3 is 2.63 bits per heavy atom. The molecule has 0 aliphatic carbocycles. The monoisotopic (exact) mass is 356 g/mol. The van der Waals surface area contributed by atoms with Gasteiger partial charge in [-0.2, -0.15) is 0 Å². The molecule has 0 saturated carbocycles. The van der Waals surface area contributed by atoms with E-state index in [-0.39, 0.29) is 0 Å². The maximum Gasteiger partial charge on any atom is 0.0905 e. The van der Waals surface area contributed by atoms with E-state index in [1.165, 1.54) is 5.56 Å². The smallest absolute Gasteiger partial charge is 0.0905 e. The molecule has 0 fully saturated rings. The summed E-state index contributed by atoms with van der Waals surface area (Å²) in [5, 5.41) is 2.16. The Morgan fingerprint density at radius 2 is 1.81 bits per heavy atom. The third kappa shape index (κ3) is 3.76. The van der Waals surface area contributed by atoms with E-state index in [0.717, 1.165) is 47.0 Å². The highest BCUT2D eigenvalue weighted by Gasteiger charge is 2.14. The highest BCUT2D eigenvalue weighted by atomic mass is 15.1. The molecule has 0 atom stereocenters. The van der Waals surface area contributed by atoms with E-state index >= 15 is 0 Å². The molecule has 0 spiro atoms. The maximum absolute atomic E-state index is 5.05. The van der Waals surface area contributed by atoms with E-state index in [4.69, 9.17) is 4.99 Å². The molecule has 0 bridgehead atoms. The molecule has 1 aliphatic heterocycles. The Bertz CT molecular complexity index is 1040. The molecular weight excluding hydrogens is 332 g/mol. The van der Waals surface area contributed by atoms with Crippen molar-refractivity contribution >= 4 is 17.6 Å². The Hall–Kier alpha value is -2.98. The molecule has 1 aromatic heterocycles. The first-order valence-electron chi connectivity index (χ1n) is 9.33. The van der Waals surface area contributed by atoms with Crippen LogP contribution < -0.4 is 15.5 Å². The molecule has 4 nitrogen and oxygen atoms in total. The van der Waals surface area contributed by atoms with Gasteiger partial charge in [-0.05, 0) is 38.7 Å². The average molecular weight is 356 g/mol. The summed E-state index contributed by atoms with van der Waals surface area (Å²) in [6.45, 7) is 1.98. The third-order valence-corrected chi connectivity index (χ3v) is 4.77. The molecule has 1 aliphatic rings. The first-order chi connectivity index (χ1) is 13.2. The van der Waals surface area contributed by atoms with Gasteiger partial charge >= 0.3 is 0 Å². The van der Waals surface area contributed by atoms with Crippen LogP contribution in [0.4, 0.5) is 11.4 Å². The second-order valence-electron chi connectivity index (χ2n) is 7.06. The fraction of sp³-hybridized carbons (Fsp3) is 0.217. The van der Waals surface area contributed by atoms with Crippen LogP contribution in [0.5, 0.6) is 0 Å². The molecule has 27 heavy (non-hydrogen) atoms. The van der Waals surface area contributed by atoms with Gasteiger partial charge in [-0.25, -0.2) is 4.99 Å². The van der Waals surface area contributed by atoms with Crippen LogP contribution in [-0.2, 0) is 0 Å². The second-order valence-corrected chi connectivity index (χ2v) is 7.06. The number of pyridine rings is 1. The van der Waals surface area contributed by atoms with Gasteiger partial charge in [0.1, 0.15) is 0 Å². The van der Waals surface area contributed by atoms with Crippen molar-refractivity contribution in [1.29, 1.82) is 0 Å². The van der Waals surface area contributed by atoms with Crippen LogP contribution in [0.15, 0.2) is 72.0 Å². The van der Waals surface area contributed by atoms with Crippen molar-refractivity contribution in [3.63, 3.8) is 0 Å². The molecule has 4 rings (SSSR count). The molecule has 0 radical (unpaired) electrons. The highest BCUT2D eigenvalue weighted by molar-refractivity contribution is 5.74. The number of hydrogen-bond donors (Lipinski definition) is 0. The minimum Gasteiger partial charge on any atom is -0.344 e. The number of hydrogen-bond acceptors (Lipinski definition) is 4. The SMILES string of the molecule is CN(C)CCCN1C=c2cccc(-c3ccccc3)c2=Nc2ccncc21. The number of anilines is 1. The maximum atomic E-state index is 5.05. The van der Waals surface area contributed by atoms with Crippen LogP contribution >= 0.6 is 0 Å². The van der Waals surface area contributed by atoms with Gasteiger partial charge in [0.05, 0.1) is 22.9 Å². The fourth-order valence-corrected chi connectivity index (χ4v) is 3.44. The van der Waals surface area contributed by atoms with Gasteiger partial charge in [0.15, 0.2) is 0 Å². The van der Waals surface area contributed by atoms with Crippen LogP contribution in [0.2, 0.25) is 0 Å². The van der Waals surface area contributed by atoms with E-state index in [1.807, 2.05) is 24.5 Å². The topological polar surface area (TPSA) is 31.7 Å². The summed E-state index contributed by atoms with van der Waals surface area (Å²) in [6, 6.07) is 18.9. The van der Waals surface area contributed by atoms with Gasteiger partial charge in [0.2, 0.25) is 0 Å². The summed E-state index contributed by atoms with van der Waals surface area (Å²) in [5.41, 5.74) is 4.37. The van der Waals surface area contributed by atoms with Crippen molar-refractivity contribution in [3.8, 4) is 11.1 Å². The Labute approximate surface area is 160 Å². The van der Waals surface area contributed by atoms with Gasteiger partial charge in [0, 0.05) is 29.7 Å². The average Bonchev–Trinajstić information content (AvgIpc) is 2.85. The number of benzene rings is 2. The molecule has 2 heterocycles. The first kappa shape index (κ1) is 17.4. The van der Waals surface area contributed by atoms with Crippen molar-refractivity contribution in [2.24, 2.45) is 4.99 Å². The summed E-state index contributed by atoms with van der Waals surface area (Å²) in [5.74, 6) is 0. The molecule has 0 saturated heterocycles. The summed E-state index contributed by atoms with van der Waals surface area (Å²) >= 11 is 0. The largest absolute Gasteiger partial charge is 0.344 e. The number of para-hydroxylation sites is 1. The summed E-state index contributed by atoms with van der Waals surface area (Å²) < 4.78 is 0. The molecule has 0 N–H and O–H groups in total. The second kappa shape index (κ2) is 7.72. The standard InChI is InChI=1S/C23H24N4/c1-26(2)14-7-15-27-17-19-10-6-11-20(18-8-4-3-5-9-18)23(19)25-21-12-13-24-16-22(21)27/h3-6,8-13,16-17H,7,14-15H2,1-2H3. The Kier molecular flexibility index (Phi) is 4.99. The minimum atomic E-state index is 0.932. The third-order valence-electron chi connectivity index (χ3n) is 4.77. The molecular formula is C23H24N4. The van der Waals surface area contributed by atoms with Gasteiger partial charge in [-0.15, -0.1) is 0 Å². The highest BCUT2D eigenvalue weighted by Crippen LogP contribution is 2.29. The molecule has 3 aromatic rings. The van der Waals surface area contributed by atoms with E-state index in [2.05, 4.69) is 77.5 Å². The van der Waals surface area contributed by atoms with E-state index in [1.54, 1.807) is 0 Å². The zero-order valence-corrected chi connectivity index (χ0v) is 15.8.